The molecule has 0 aromatic heterocycles. The quantitative estimate of drug-likeness (QED) is 0.870. The van der Waals surface area contributed by atoms with Crippen LogP contribution in [0.25, 0.3) is 0 Å². The Balaban J connectivity index is 1.51. The van der Waals surface area contributed by atoms with E-state index in [0.717, 1.165) is 29.8 Å². The second-order valence-corrected chi connectivity index (χ2v) is 6.37. The molecule has 0 unspecified atom stereocenters. The number of para-hydroxylation sites is 2. The van der Waals surface area contributed by atoms with Gasteiger partial charge in [-0.1, -0.05) is 36.4 Å². The van der Waals surface area contributed by atoms with E-state index in [9.17, 15) is 9.59 Å². The number of ether oxygens (including phenoxy) is 1. The van der Waals surface area contributed by atoms with E-state index in [1.807, 2.05) is 42.5 Å². The number of aryl methyl sites for hydroxylation is 2. The van der Waals surface area contributed by atoms with Gasteiger partial charge in [0.15, 0.2) is 0 Å². The van der Waals surface area contributed by atoms with Crippen LogP contribution in [0, 0.1) is 0 Å². The van der Waals surface area contributed by atoms with E-state index < -0.39 is 0 Å². The number of nitrogens with one attached hydrogen (secondary N) is 1. The molecule has 1 aliphatic rings. The Hall–Kier alpha value is -2.82. The van der Waals surface area contributed by atoms with E-state index >= 15 is 0 Å². The number of carbonyl (C=O) groups excluding carboxylic acids is 2. The molecule has 0 saturated heterocycles. The molecule has 136 valence electrons. The predicted octanol–water partition coefficient (Wildman–Crippen LogP) is 2.72. The van der Waals surface area contributed by atoms with Gasteiger partial charge in [0, 0.05) is 18.7 Å². The minimum Gasteiger partial charge on any atom is -0.496 e. The van der Waals surface area contributed by atoms with Gasteiger partial charge in [0.25, 0.3) is 0 Å². The first-order valence-corrected chi connectivity index (χ1v) is 8.96. The number of hydrogen-bond acceptors (Lipinski definition) is 3. The molecule has 26 heavy (non-hydrogen) atoms. The molecule has 5 heteroatoms. The van der Waals surface area contributed by atoms with Crippen LogP contribution in [-0.4, -0.2) is 32.0 Å². The first-order valence-electron chi connectivity index (χ1n) is 8.96. The fourth-order valence-electron chi connectivity index (χ4n) is 3.31. The number of carbonyl (C=O) groups is 2. The van der Waals surface area contributed by atoms with E-state index in [2.05, 4.69) is 11.4 Å². The zero-order chi connectivity index (χ0) is 18.4. The summed E-state index contributed by atoms with van der Waals surface area (Å²) < 4.78 is 5.30. The lowest BCUT2D eigenvalue weighted by Crippen LogP contribution is -2.42. The third-order valence-corrected chi connectivity index (χ3v) is 4.66. The first-order chi connectivity index (χ1) is 12.7. The van der Waals surface area contributed by atoms with E-state index in [0.29, 0.717) is 19.4 Å². The minimum atomic E-state index is -0.130. The third-order valence-electron chi connectivity index (χ3n) is 4.66. The zero-order valence-electron chi connectivity index (χ0n) is 15.0. The number of nitrogens with zero attached hydrogens (tertiary/aromatic N) is 1. The van der Waals surface area contributed by atoms with Gasteiger partial charge >= 0.3 is 0 Å². The van der Waals surface area contributed by atoms with Gasteiger partial charge in [-0.15, -0.1) is 0 Å². The number of benzene rings is 2. The zero-order valence-corrected chi connectivity index (χ0v) is 15.0. The second kappa shape index (κ2) is 8.52. The van der Waals surface area contributed by atoms with Crippen molar-refractivity contribution in [3.8, 4) is 5.75 Å². The van der Waals surface area contributed by atoms with Crippen molar-refractivity contribution in [2.45, 2.75) is 25.7 Å². The van der Waals surface area contributed by atoms with Crippen molar-refractivity contribution in [1.82, 2.24) is 5.32 Å². The van der Waals surface area contributed by atoms with Gasteiger partial charge in [0.1, 0.15) is 5.75 Å². The number of methoxy groups -OCH3 is 1. The van der Waals surface area contributed by atoms with Gasteiger partial charge in [0.2, 0.25) is 11.8 Å². The van der Waals surface area contributed by atoms with Crippen LogP contribution < -0.4 is 15.0 Å². The van der Waals surface area contributed by atoms with E-state index in [4.69, 9.17) is 4.74 Å². The molecule has 1 aliphatic heterocycles. The van der Waals surface area contributed by atoms with Crippen LogP contribution in [0.4, 0.5) is 5.69 Å². The highest BCUT2D eigenvalue weighted by Crippen LogP contribution is 2.26. The van der Waals surface area contributed by atoms with Crippen LogP contribution in [0.3, 0.4) is 0 Å². The monoisotopic (exact) mass is 352 g/mol. The summed E-state index contributed by atoms with van der Waals surface area (Å²) >= 11 is 0. The molecule has 2 amide bonds. The maximum atomic E-state index is 12.5. The van der Waals surface area contributed by atoms with Crippen LogP contribution >= 0.6 is 0 Å². The van der Waals surface area contributed by atoms with Crippen molar-refractivity contribution in [3.63, 3.8) is 0 Å². The van der Waals surface area contributed by atoms with Crippen LogP contribution in [0.1, 0.15) is 24.0 Å². The van der Waals surface area contributed by atoms with Crippen molar-refractivity contribution >= 4 is 17.5 Å². The van der Waals surface area contributed by atoms with Crippen molar-refractivity contribution in [2.75, 3.05) is 25.1 Å². The standard InChI is InChI=1S/C21H24N2O3/c1-26-19-11-5-3-8-17(19)12-13-20(24)22-15-21(25)23-14-6-9-16-7-2-4-10-18(16)23/h2-5,7-8,10-11H,6,9,12-15H2,1H3,(H,22,24). The molecule has 0 spiro atoms. The van der Waals surface area contributed by atoms with Crippen molar-refractivity contribution in [2.24, 2.45) is 0 Å². The number of amides is 2. The Kier molecular flexibility index (Phi) is 5.89. The number of anilines is 1. The molecule has 0 aliphatic carbocycles. The molecule has 3 rings (SSSR count). The average Bonchev–Trinajstić information content (AvgIpc) is 2.70. The lowest BCUT2D eigenvalue weighted by atomic mass is 10.0. The Morgan fingerprint density at radius 3 is 2.73 bits per heavy atom. The topological polar surface area (TPSA) is 58.6 Å². The smallest absolute Gasteiger partial charge is 0.246 e. The summed E-state index contributed by atoms with van der Waals surface area (Å²) in [4.78, 5) is 26.4. The van der Waals surface area contributed by atoms with Gasteiger partial charge in [-0.05, 0) is 42.5 Å². The maximum absolute atomic E-state index is 12.5. The van der Waals surface area contributed by atoms with Gasteiger partial charge in [-0.2, -0.15) is 0 Å². The molecule has 2 aromatic carbocycles. The highest BCUT2D eigenvalue weighted by molar-refractivity contribution is 5.97. The largest absolute Gasteiger partial charge is 0.496 e. The fraction of sp³-hybridized carbons (Fsp3) is 0.333. The summed E-state index contributed by atoms with van der Waals surface area (Å²) in [6, 6.07) is 15.6. The molecule has 0 saturated carbocycles. The molecule has 1 N–H and O–H groups in total. The summed E-state index contributed by atoms with van der Waals surface area (Å²) in [6.07, 6.45) is 2.84. The Bertz CT molecular complexity index is 788. The normalized spacial score (nSPS) is 13.0. The predicted molar refractivity (Wildman–Crippen MR) is 101 cm³/mol. The van der Waals surface area contributed by atoms with Crippen LogP contribution in [0.2, 0.25) is 0 Å². The number of hydrogen-bond donors (Lipinski definition) is 1. The van der Waals surface area contributed by atoms with Crippen LogP contribution in [0.15, 0.2) is 48.5 Å². The SMILES string of the molecule is COc1ccccc1CCC(=O)NCC(=O)N1CCCc2ccccc21. The molecule has 2 aromatic rings. The molecule has 0 bridgehead atoms. The summed E-state index contributed by atoms with van der Waals surface area (Å²) in [5, 5.41) is 2.75. The van der Waals surface area contributed by atoms with E-state index in [1.54, 1.807) is 12.0 Å². The van der Waals surface area contributed by atoms with Gasteiger partial charge < -0.3 is 15.0 Å². The molecule has 0 fully saturated rings. The van der Waals surface area contributed by atoms with E-state index in [-0.39, 0.29) is 18.4 Å². The van der Waals surface area contributed by atoms with Crippen LogP contribution in [-0.2, 0) is 22.4 Å². The molecule has 1 heterocycles. The Morgan fingerprint density at radius 2 is 1.88 bits per heavy atom. The molecule has 0 atom stereocenters. The van der Waals surface area contributed by atoms with E-state index in [1.165, 1.54) is 5.56 Å². The fourth-order valence-corrected chi connectivity index (χ4v) is 3.31. The second-order valence-electron chi connectivity index (χ2n) is 6.37. The lowest BCUT2D eigenvalue weighted by molar-refractivity contribution is -0.125. The van der Waals surface area contributed by atoms with Gasteiger partial charge in [-0.25, -0.2) is 0 Å². The maximum Gasteiger partial charge on any atom is 0.246 e. The van der Waals surface area contributed by atoms with Crippen LogP contribution in [0.5, 0.6) is 5.75 Å². The third kappa shape index (κ3) is 4.23. The van der Waals surface area contributed by atoms with Crippen molar-refractivity contribution in [1.29, 1.82) is 0 Å². The summed E-state index contributed by atoms with van der Waals surface area (Å²) in [6.45, 7) is 0.728. The lowest BCUT2D eigenvalue weighted by Gasteiger charge is -2.29. The summed E-state index contributed by atoms with van der Waals surface area (Å²) in [7, 11) is 1.62. The van der Waals surface area contributed by atoms with Gasteiger partial charge in [-0.3, -0.25) is 9.59 Å². The van der Waals surface area contributed by atoms with Gasteiger partial charge in [0.05, 0.1) is 13.7 Å². The van der Waals surface area contributed by atoms with Crippen molar-refractivity contribution < 1.29 is 14.3 Å². The number of rotatable bonds is 6. The summed E-state index contributed by atoms with van der Waals surface area (Å²) in [5.41, 5.74) is 3.14. The van der Waals surface area contributed by atoms with Crippen molar-refractivity contribution in [3.05, 3.63) is 59.7 Å². The molecule has 0 radical (unpaired) electrons. The highest BCUT2D eigenvalue weighted by Gasteiger charge is 2.22. The minimum absolute atomic E-state index is 0.0269. The molecular formula is C21H24N2O3. The molecular weight excluding hydrogens is 328 g/mol. The number of fused-ring (bicyclic) bond motifs is 1. The first kappa shape index (κ1) is 18.0. The Labute approximate surface area is 154 Å². The Morgan fingerprint density at radius 1 is 1.12 bits per heavy atom. The molecule has 5 nitrogen and oxygen atoms in total. The average molecular weight is 352 g/mol. The summed E-state index contributed by atoms with van der Waals surface area (Å²) in [5.74, 6) is 0.582. The highest BCUT2D eigenvalue weighted by atomic mass is 16.5.